The van der Waals surface area contributed by atoms with Crippen molar-refractivity contribution in [3.8, 4) is 5.75 Å². The van der Waals surface area contributed by atoms with Crippen LogP contribution in [0.2, 0.25) is 5.02 Å². The Morgan fingerprint density at radius 1 is 1.10 bits per heavy atom. The normalized spacial score (nSPS) is 10.8. The molecule has 0 saturated heterocycles. The van der Waals surface area contributed by atoms with Crippen LogP contribution < -0.4 is 5.56 Å². The summed E-state index contributed by atoms with van der Waals surface area (Å²) in [5.41, 5.74) is -5.51. The van der Waals surface area contributed by atoms with E-state index in [4.69, 9.17) is 11.6 Å². The van der Waals surface area contributed by atoms with E-state index < -0.39 is 60.1 Å². The molecule has 110 valence electrons. The molecule has 0 aliphatic rings. The first-order valence-corrected chi connectivity index (χ1v) is 5.30. The topological polar surface area (TPSA) is 139 Å². The van der Waals surface area contributed by atoms with E-state index >= 15 is 0 Å². The zero-order valence-electron chi connectivity index (χ0n) is 9.52. The Hall–Kier alpha value is -2.82. The van der Waals surface area contributed by atoms with E-state index in [1.165, 1.54) is 0 Å². The average Bonchev–Trinajstić information content (AvgIpc) is 2.37. The second-order valence-corrected chi connectivity index (χ2v) is 4.08. The van der Waals surface area contributed by atoms with Gasteiger partial charge < -0.3 is 10.1 Å². The van der Waals surface area contributed by atoms with E-state index in [9.17, 15) is 38.9 Å². The number of aromatic hydroxyl groups is 1. The SMILES string of the molecule is O=c1[nH]c2c(F)c(Cl)c(F)c([N+](=O)[O-])c2c(O)c1[N+](=O)[O-]. The maximum absolute atomic E-state index is 13.7. The van der Waals surface area contributed by atoms with Gasteiger partial charge in [0, 0.05) is 0 Å². The molecule has 1 aromatic heterocycles. The van der Waals surface area contributed by atoms with Gasteiger partial charge in [0.25, 0.3) is 0 Å². The second kappa shape index (κ2) is 4.63. The van der Waals surface area contributed by atoms with Crippen LogP contribution in [0, 0.1) is 31.9 Å². The number of hydrogen-bond acceptors (Lipinski definition) is 6. The van der Waals surface area contributed by atoms with Crippen molar-refractivity contribution in [2.24, 2.45) is 0 Å². The molecule has 0 bridgehead atoms. The van der Waals surface area contributed by atoms with Gasteiger partial charge in [0.15, 0.2) is 5.82 Å². The summed E-state index contributed by atoms with van der Waals surface area (Å²) >= 11 is 5.22. The van der Waals surface area contributed by atoms with Gasteiger partial charge in [-0.05, 0) is 0 Å². The van der Waals surface area contributed by atoms with Crippen LogP contribution in [-0.4, -0.2) is 19.9 Å². The van der Waals surface area contributed by atoms with Crippen LogP contribution in [0.1, 0.15) is 0 Å². The van der Waals surface area contributed by atoms with Gasteiger partial charge in [-0.1, -0.05) is 11.6 Å². The molecule has 2 aromatic rings. The lowest BCUT2D eigenvalue weighted by Crippen LogP contribution is -2.13. The van der Waals surface area contributed by atoms with E-state index in [1.807, 2.05) is 0 Å². The van der Waals surface area contributed by atoms with Crippen LogP contribution in [-0.2, 0) is 0 Å². The lowest BCUT2D eigenvalue weighted by Gasteiger charge is -2.06. The average molecular weight is 322 g/mol. The molecule has 12 heteroatoms. The summed E-state index contributed by atoms with van der Waals surface area (Å²) in [4.78, 5) is 31.8. The molecule has 2 N–H and O–H groups in total. The minimum absolute atomic E-state index is 1.01. The Bertz CT molecular complexity index is 880. The summed E-state index contributed by atoms with van der Waals surface area (Å²) in [7, 11) is 0. The molecule has 0 amide bonds. The molecule has 0 fully saturated rings. The van der Waals surface area contributed by atoms with Gasteiger partial charge in [-0.15, -0.1) is 0 Å². The number of nitrogens with zero attached hydrogens (tertiary/aromatic N) is 2. The number of benzene rings is 1. The van der Waals surface area contributed by atoms with Crippen LogP contribution >= 0.6 is 11.6 Å². The summed E-state index contributed by atoms with van der Waals surface area (Å²) in [6.07, 6.45) is 0. The third kappa shape index (κ3) is 1.94. The van der Waals surface area contributed by atoms with E-state index in [1.54, 1.807) is 4.98 Å². The lowest BCUT2D eigenvalue weighted by molar-refractivity contribution is -0.388. The van der Waals surface area contributed by atoms with Gasteiger partial charge >= 0.3 is 16.9 Å². The lowest BCUT2D eigenvalue weighted by atomic mass is 10.1. The Morgan fingerprint density at radius 2 is 1.62 bits per heavy atom. The number of halogens is 3. The number of aromatic amines is 1. The Labute approximate surface area is 116 Å². The van der Waals surface area contributed by atoms with Crippen molar-refractivity contribution in [3.05, 3.63) is 47.2 Å². The van der Waals surface area contributed by atoms with Crippen molar-refractivity contribution in [2.45, 2.75) is 0 Å². The van der Waals surface area contributed by atoms with E-state index in [0.717, 1.165) is 0 Å². The summed E-state index contributed by atoms with van der Waals surface area (Å²) in [5.74, 6) is -4.96. The molecule has 9 nitrogen and oxygen atoms in total. The molecule has 1 heterocycles. The molecule has 0 aliphatic carbocycles. The smallest absolute Gasteiger partial charge is 0.375 e. The summed E-state index contributed by atoms with van der Waals surface area (Å²) in [6.45, 7) is 0. The third-order valence-electron chi connectivity index (χ3n) is 2.58. The number of nitro benzene ring substituents is 1. The fourth-order valence-corrected chi connectivity index (χ4v) is 1.92. The molecule has 2 rings (SSSR count). The summed E-state index contributed by atoms with van der Waals surface area (Å²) in [5, 5.41) is 28.6. The highest BCUT2D eigenvalue weighted by atomic mass is 35.5. The van der Waals surface area contributed by atoms with E-state index in [2.05, 4.69) is 0 Å². The first-order chi connectivity index (χ1) is 9.68. The predicted octanol–water partition coefficient (Wildman–Crippen LogP) is 1.98. The first-order valence-electron chi connectivity index (χ1n) is 4.92. The monoisotopic (exact) mass is 321 g/mol. The maximum Gasteiger partial charge on any atom is 0.375 e. The minimum Gasteiger partial charge on any atom is -0.501 e. The highest BCUT2D eigenvalue weighted by Crippen LogP contribution is 2.42. The Kier molecular flexibility index (Phi) is 3.21. The number of aromatic nitrogens is 1. The van der Waals surface area contributed by atoms with Crippen LogP contribution in [0.25, 0.3) is 10.9 Å². The van der Waals surface area contributed by atoms with Crippen molar-refractivity contribution >= 4 is 33.9 Å². The van der Waals surface area contributed by atoms with Crippen molar-refractivity contribution < 1.29 is 23.7 Å². The molecule has 21 heavy (non-hydrogen) atoms. The summed E-state index contributed by atoms with van der Waals surface area (Å²) in [6, 6.07) is 0. The van der Waals surface area contributed by atoms with Gasteiger partial charge in [-0.2, -0.15) is 4.39 Å². The summed E-state index contributed by atoms with van der Waals surface area (Å²) < 4.78 is 27.4. The third-order valence-corrected chi connectivity index (χ3v) is 2.91. The Balaban J connectivity index is 3.23. The van der Waals surface area contributed by atoms with Crippen LogP contribution in [0.3, 0.4) is 0 Å². The van der Waals surface area contributed by atoms with Gasteiger partial charge in [0.2, 0.25) is 11.6 Å². The van der Waals surface area contributed by atoms with Crippen molar-refractivity contribution in [1.29, 1.82) is 0 Å². The van der Waals surface area contributed by atoms with Crippen molar-refractivity contribution in [3.63, 3.8) is 0 Å². The maximum atomic E-state index is 13.7. The quantitative estimate of drug-likeness (QED) is 0.492. The molecule has 0 atom stereocenters. The second-order valence-electron chi connectivity index (χ2n) is 3.71. The van der Waals surface area contributed by atoms with E-state index in [-0.39, 0.29) is 0 Å². The number of pyridine rings is 1. The molecule has 0 spiro atoms. The van der Waals surface area contributed by atoms with Crippen molar-refractivity contribution in [2.75, 3.05) is 0 Å². The minimum atomic E-state index is -1.83. The zero-order valence-corrected chi connectivity index (χ0v) is 10.3. The number of H-pyrrole nitrogens is 1. The molecule has 1 aromatic carbocycles. The van der Waals surface area contributed by atoms with Crippen LogP contribution in [0.4, 0.5) is 20.2 Å². The number of rotatable bonds is 2. The predicted molar refractivity (Wildman–Crippen MR) is 64.5 cm³/mol. The standard InChI is InChI=1S/C9H2ClF2N3O6/c10-2-3(11)5-1(6(4(2)12)14(18)19)8(16)7(15(20)21)9(17)13-5/h(H2,13,16,17). The molecular formula is C9H2ClF2N3O6. The molecule has 0 radical (unpaired) electrons. The Morgan fingerprint density at radius 3 is 2.10 bits per heavy atom. The van der Waals surface area contributed by atoms with Gasteiger partial charge in [-0.25, -0.2) is 4.39 Å². The fourth-order valence-electron chi connectivity index (χ4n) is 1.74. The number of nitrogens with one attached hydrogen (secondary N) is 1. The van der Waals surface area contributed by atoms with Crippen LogP contribution in [0.5, 0.6) is 5.75 Å². The largest absolute Gasteiger partial charge is 0.501 e. The van der Waals surface area contributed by atoms with Crippen LogP contribution in [0.15, 0.2) is 4.79 Å². The molecular weight excluding hydrogens is 320 g/mol. The highest BCUT2D eigenvalue weighted by Gasteiger charge is 2.34. The zero-order chi connectivity index (χ0) is 16.1. The highest BCUT2D eigenvalue weighted by molar-refractivity contribution is 6.32. The number of hydrogen-bond donors (Lipinski definition) is 2. The van der Waals surface area contributed by atoms with Gasteiger partial charge in [0.05, 0.1) is 15.4 Å². The van der Waals surface area contributed by atoms with Crippen molar-refractivity contribution in [1.82, 2.24) is 4.98 Å². The molecule has 0 saturated carbocycles. The molecule has 0 aliphatic heterocycles. The van der Waals surface area contributed by atoms with Gasteiger partial charge in [-0.3, -0.25) is 25.0 Å². The van der Waals surface area contributed by atoms with Gasteiger partial charge in [0.1, 0.15) is 10.4 Å². The number of nitro groups is 2. The van der Waals surface area contributed by atoms with E-state index in [0.29, 0.717) is 0 Å². The number of fused-ring (bicyclic) bond motifs is 1. The molecule has 0 unspecified atom stereocenters. The fraction of sp³-hybridized carbons (Fsp3) is 0. The first kappa shape index (κ1) is 14.6.